The van der Waals surface area contributed by atoms with Gasteiger partial charge >= 0.3 is 0 Å². The van der Waals surface area contributed by atoms with E-state index in [1.807, 2.05) is 36.4 Å². The van der Waals surface area contributed by atoms with Crippen LogP contribution >= 0.6 is 0 Å². The van der Waals surface area contributed by atoms with Crippen LogP contribution in [0.5, 0.6) is 0 Å². The molecule has 0 amide bonds. The number of amidine groups is 1. The zero-order valence-electron chi connectivity index (χ0n) is 10.8. The van der Waals surface area contributed by atoms with E-state index >= 15 is 0 Å². The molecule has 2 aromatic rings. The number of fused-ring (bicyclic) bond motifs is 1. The van der Waals surface area contributed by atoms with Crippen molar-refractivity contribution in [3.8, 4) is 0 Å². The lowest BCUT2D eigenvalue weighted by Gasteiger charge is -2.10. The van der Waals surface area contributed by atoms with E-state index in [1.165, 1.54) is 5.56 Å². The molecule has 0 bridgehead atoms. The Hall–Kier alpha value is -2.29. The Morgan fingerprint density at radius 2 is 1.58 bits per heavy atom. The van der Waals surface area contributed by atoms with E-state index in [9.17, 15) is 0 Å². The predicted octanol–water partition coefficient (Wildman–Crippen LogP) is 3.67. The molecule has 0 aromatic heterocycles. The fourth-order valence-electron chi connectivity index (χ4n) is 2.24. The van der Waals surface area contributed by atoms with Crippen LogP contribution in [0.2, 0.25) is 0 Å². The molecule has 19 heavy (non-hydrogen) atoms. The molecular formula is C16H17N3. The van der Waals surface area contributed by atoms with Crippen LogP contribution in [0.25, 0.3) is 0 Å². The Kier molecular flexibility index (Phi) is 3.45. The smallest absolute Gasteiger partial charge is 0.121 e. The van der Waals surface area contributed by atoms with Crippen LogP contribution in [0.3, 0.4) is 0 Å². The minimum atomic E-state index is 0.967. The van der Waals surface area contributed by atoms with Gasteiger partial charge in [-0.2, -0.15) is 0 Å². The van der Waals surface area contributed by atoms with E-state index in [4.69, 9.17) is 4.99 Å². The first-order chi connectivity index (χ1) is 9.42. The van der Waals surface area contributed by atoms with Crippen LogP contribution < -0.4 is 10.9 Å². The number of aryl methyl sites for hydroxylation is 1. The molecule has 0 atom stereocenters. The van der Waals surface area contributed by atoms with Crippen molar-refractivity contribution >= 4 is 17.2 Å². The van der Waals surface area contributed by atoms with Crippen molar-refractivity contribution in [1.82, 2.24) is 5.43 Å². The Morgan fingerprint density at radius 3 is 2.47 bits per heavy atom. The highest BCUT2D eigenvalue weighted by Crippen LogP contribution is 2.24. The van der Waals surface area contributed by atoms with Crippen molar-refractivity contribution in [3.63, 3.8) is 0 Å². The standard InChI is InChI=1S/C16H17N3/c1-2-9-14(10-3-1)18-19-16-12-6-8-13-7-4-5-11-15(13)17-16/h1-5,7,9-11,18H,6,8,12H2,(H,17,19). The zero-order valence-corrected chi connectivity index (χ0v) is 10.8. The van der Waals surface area contributed by atoms with E-state index in [-0.39, 0.29) is 0 Å². The Labute approximate surface area is 113 Å². The van der Waals surface area contributed by atoms with E-state index in [1.54, 1.807) is 0 Å². The van der Waals surface area contributed by atoms with Crippen LogP contribution in [-0.4, -0.2) is 5.84 Å². The average Bonchev–Trinajstić information content (AvgIpc) is 2.68. The summed E-state index contributed by atoms with van der Waals surface area (Å²) in [6.07, 6.45) is 3.18. The van der Waals surface area contributed by atoms with Crippen LogP contribution in [0.4, 0.5) is 11.4 Å². The molecule has 0 saturated carbocycles. The summed E-state index contributed by atoms with van der Waals surface area (Å²) < 4.78 is 0. The number of rotatable bonds is 2. The van der Waals surface area contributed by atoms with E-state index < -0.39 is 0 Å². The van der Waals surface area contributed by atoms with Gasteiger partial charge < -0.3 is 0 Å². The largest absolute Gasteiger partial charge is 0.300 e. The number of hydrogen-bond acceptors (Lipinski definition) is 3. The molecule has 1 heterocycles. The summed E-state index contributed by atoms with van der Waals surface area (Å²) in [5, 5.41) is 0. The average molecular weight is 251 g/mol. The maximum atomic E-state index is 4.70. The van der Waals surface area contributed by atoms with Gasteiger partial charge in [-0.3, -0.25) is 10.9 Å². The summed E-state index contributed by atoms with van der Waals surface area (Å²) >= 11 is 0. The van der Waals surface area contributed by atoms with Gasteiger partial charge in [-0.15, -0.1) is 0 Å². The van der Waals surface area contributed by atoms with Crippen molar-refractivity contribution in [1.29, 1.82) is 0 Å². The van der Waals surface area contributed by atoms with Gasteiger partial charge in [0.2, 0.25) is 0 Å². The number of anilines is 1. The number of hydrogen-bond donors (Lipinski definition) is 2. The van der Waals surface area contributed by atoms with Gasteiger partial charge in [-0.1, -0.05) is 36.4 Å². The summed E-state index contributed by atoms with van der Waals surface area (Å²) in [5.74, 6) is 0.994. The molecule has 96 valence electrons. The lowest BCUT2D eigenvalue weighted by atomic mass is 10.1. The van der Waals surface area contributed by atoms with Crippen molar-refractivity contribution < 1.29 is 0 Å². The van der Waals surface area contributed by atoms with Crippen LogP contribution in [0, 0.1) is 0 Å². The van der Waals surface area contributed by atoms with E-state index in [0.29, 0.717) is 0 Å². The molecule has 3 heteroatoms. The van der Waals surface area contributed by atoms with Gasteiger partial charge in [0, 0.05) is 6.42 Å². The SMILES string of the molecule is c1ccc(NNC2=Nc3ccccc3CCC2)cc1. The van der Waals surface area contributed by atoms with Gasteiger partial charge in [0.05, 0.1) is 11.4 Å². The van der Waals surface area contributed by atoms with Crippen molar-refractivity contribution in [3.05, 3.63) is 60.2 Å². The number of nitrogens with one attached hydrogen (secondary N) is 2. The van der Waals surface area contributed by atoms with Crippen molar-refractivity contribution in [2.45, 2.75) is 19.3 Å². The highest BCUT2D eigenvalue weighted by Gasteiger charge is 2.09. The van der Waals surface area contributed by atoms with Crippen molar-refractivity contribution in [2.75, 3.05) is 5.43 Å². The number of aliphatic imine (C=N–C) groups is 1. The fourth-order valence-corrected chi connectivity index (χ4v) is 2.24. The topological polar surface area (TPSA) is 36.4 Å². The second-order valence-electron chi connectivity index (χ2n) is 4.66. The molecule has 3 nitrogen and oxygen atoms in total. The molecule has 0 unspecified atom stereocenters. The fraction of sp³-hybridized carbons (Fsp3) is 0.188. The monoisotopic (exact) mass is 251 g/mol. The molecule has 0 fully saturated rings. The lowest BCUT2D eigenvalue weighted by Crippen LogP contribution is -2.28. The minimum absolute atomic E-state index is 0.967. The molecule has 0 radical (unpaired) electrons. The highest BCUT2D eigenvalue weighted by molar-refractivity contribution is 5.86. The predicted molar refractivity (Wildman–Crippen MR) is 79.7 cm³/mol. The van der Waals surface area contributed by atoms with Gasteiger partial charge in [-0.05, 0) is 36.6 Å². The molecule has 0 aliphatic carbocycles. The molecular weight excluding hydrogens is 234 g/mol. The van der Waals surface area contributed by atoms with Gasteiger partial charge in [0.25, 0.3) is 0 Å². The number of benzene rings is 2. The normalized spacial score (nSPS) is 14.0. The first kappa shape index (κ1) is 11.8. The third-order valence-electron chi connectivity index (χ3n) is 3.23. The maximum absolute atomic E-state index is 4.70. The van der Waals surface area contributed by atoms with Crippen LogP contribution in [0.15, 0.2) is 59.6 Å². The number of para-hydroxylation sites is 2. The second kappa shape index (κ2) is 5.57. The minimum Gasteiger partial charge on any atom is -0.300 e. The van der Waals surface area contributed by atoms with Gasteiger partial charge in [-0.25, -0.2) is 4.99 Å². The van der Waals surface area contributed by atoms with Gasteiger partial charge in [0.1, 0.15) is 5.84 Å². The summed E-state index contributed by atoms with van der Waals surface area (Å²) in [5.41, 5.74) is 9.87. The second-order valence-corrected chi connectivity index (χ2v) is 4.66. The Morgan fingerprint density at radius 1 is 0.789 bits per heavy atom. The molecule has 1 aliphatic heterocycles. The van der Waals surface area contributed by atoms with E-state index in [0.717, 1.165) is 36.5 Å². The lowest BCUT2D eigenvalue weighted by molar-refractivity contribution is 0.858. The quantitative estimate of drug-likeness (QED) is 0.799. The summed E-state index contributed by atoms with van der Waals surface area (Å²) in [6, 6.07) is 18.4. The van der Waals surface area contributed by atoms with Crippen molar-refractivity contribution in [2.24, 2.45) is 4.99 Å². The molecule has 0 spiro atoms. The summed E-state index contributed by atoms with van der Waals surface area (Å²) in [6.45, 7) is 0. The van der Waals surface area contributed by atoms with Crippen LogP contribution in [0.1, 0.15) is 18.4 Å². The number of nitrogens with zero attached hydrogens (tertiary/aromatic N) is 1. The maximum Gasteiger partial charge on any atom is 0.121 e. The first-order valence-corrected chi connectivity index (χ1v) is 6.64. The van der Waals surface area contributed by atoms with E-state index in [2.05, 4.69) is 29.1 Å². The highest BCUT2D eigenvalue weighted by atomic mass is 15.4. The Bertz CT molecular complexity index is 576. The van der Waals surface area contributed by atoms with Gasteiger partial charge in [0.15, 0.2) is 0 Å². The molecule has 2 aromatic carbocycles. The third-order valence-corrected chi connectivity index (χ3v) is 3.23. The third kappa shape index (κ3) is 2.94. The van der Waals surface area contributed by atoms with Crippen LogP contribution in [-0.2, 0) is 6.42 Å². The molecule has 0 saturated heterocycles. The number of hydrazine groups is 1. The summed E-state index contributed by atoms with van der Waals surface area (Å²) in [4.78, 5) is 4.70. The molecule has 1 aliphatic rings. The molecule has 2 N–H and O–H groups in total. The Balaban J connectivity index is 1.73. The zero-order chi connectivity index (χ0) is 12.9. The first-order valence-electron chi connectivity index (χ1n) is 6.64. The summed E-state index contributed by atoms with van der Waals surface area (Å²) in [7, 11) is 0. The molecule has 3 rings (SSSR count).